The van der Waals surface area contributed by atoms with Crippen LogP contribution in [0.5, 0.6) is 0 Å². The summed E-state index contributed by atoms with van der Waals surface area (Å²) in [4.78, 5) is 6.77. The Kier molecular flexibility index (Phi) is 7.95. The summed E-state index contributed by atoms with van der Waals surface area (Å²) in [5, 5.41) is 3.48. The predicted octanol–water partition coefficient (Wildman–Crippen LogP) is 3.43. The fraction of sp³-hybridized carbons (Fsp3) is 0.562. The van der Waals surface area contributed by atoms with Gasteiger partial charge in [-0.3, -0.25) is 4.99 Å². The van der Waals surface area contributed by atoms with E-state index >= 15 is 0 Å². The lowest BCUT2D eigenvalue weighted by Crippen LogP contribution is -2.44. The molecule has 0 spiro atoms. The minimum Gasteiger partial charge on any atom is -0.356 e. The Bertz CT molecular complexity index is 431. The van der Waals surface area contributed by atoms with Crippen molar-refractivity contribution in [3.8, 4) is 0 Å². The Morgan fingerprint density at radius 1 is 1.25 bits per heavy atom. The number of fused-ring (bicyclic) bond motifs is 1. The van der Waals surface area contributed by atoms with Crippen molar-refractivity contribution in [1.82, 2.24) is 10.2 Å². The van der Waals surface area contributed by atoms with Gasteiger partial charge in [0.2, 0.25) is 0 Å². The monoisotopic (exact) mass is 387 g/mol. The van der Waals surface area contributed by atoms with Gasteiger partial charge in [-0.25, -0.2) is 0 Å². The SMILES string of the molecule is CCCCCNC(=NC)N1CCc2ccccc2C1.I. The number of nitrogens with zero attached hydrogens (tertiary/aromatic N) is 2. The maximum absolute atomic E-state index is 4.41. The molecule has 0 atom stereocenters. The third-order valence-electron chi connectivity index (χ3n) is 3.71. The van der Waals surface area contributed by atoms with Crippen LogP contribution < -0.4 is 5.32 Å². The fourth-order valence-electron chi connectivity index (χ4n) is 2.58. The van der Waals surface area contributed by atoms with Crippen LogP contribution in [0.15, 0.2) is 29.3 Å². The van der Waals surface area contributed by atoms with Gasteiger partial charge in [-0.15, -0.1) is 24.0 Å². The first-order valence-electron chi connectivity index (χ1n) is 7.37. The van der Waals surface area contributed by atoms with Crippen molar-refractivity contribution in [1.29, 1.82) is 0 Å². The minimum absolute atomic E-state index is 0. The standard InChI is InChI=1S/C16H25N3.HI/c1-3-4-7-11-18-16(17-2)19-12-10-14-8-5-6-9-15(14)13-19;/h5-6,8-9H,3-4,7,10-13H2,1-2H3,(H,17,18);1H. The largest absolute Gasteiger partial charge is 0.356 e. The first-order valence-corrected chi connectivity index (χ1v) is 7.37. The molecule has 1 aromatic rings. The summed E-state index contributed by atoms with van der Waals surface area (Å²) in [6.07, 6.45) is 4.88. The van der Waals surface area contributed by atoms with Crippen LogP contribution in [0.2, 0.25) is 0 Å². The van der Waals surface area contributed by atoms with Gasteiger partial charge in [0, 0.05) is 26.7 Å². The number of unbranched alkanes of at least 4 members (excludes halogenated alkanes) is 2. The Labute approximate surface area is 139 Å². The molecule has 1 aliphatic heterocycles. The lowest BCUT2D eigenvalue weighted by atomic mass is 10.0. The summed E-state index contributed by atoms with van der Waals surface area (Å²) in [5.74, 6) is 1.05. The van der Waals surface area contributed by atoms with Gasteiger partial charge in [0.25, 0.3) is 0 Å². The van der Waals surface area contributed by atoms with Crippen molar-refractivity contribution < 1.29 is 0 Å². The molecular formula is C16H26IN3. The molecule has 0 fully saturated rings. The highest BCUT2D eigenvalue weighted by Crippen LogP contribution is 2.18. The minimum atomic E-state index is 0. The molecule has 0 unspecified atom stereocenters. The predicted molar refractivity (Wildman–Crippen MR) is 96.9 cm³/mol. The van der Waals surface area contributed by atoms with Crippen LogP contribution in [0.25, 0.3) is 0 Å². The zero-order valence-corrected chi connectivity index (χ0v) is 14.9. The molecule has 0 bridgehead atoms. The van der Waals surface area contributed by atoms with Crippen molar-refractivity contribution in [3.05, 3.63) is 35.4 Å². The Morgan fingerprint density at radius 2 is 2.00 bits per heavy atom. The molecule has 112 valence electrons. The normalized spacial score (nSPS) is 14.5. The number of nitrogens with one attached hydrogen (secondary N) is 1. The van der Waals surface area contributed by atoms with E-state index in [1.807, 2.05) is 7.05 Å². The molecule has 0 amide bonds. The molecule has 1 aliphatic rings. The summed E-state index contributed by atoms with van der Waals surface area (Å²) in [6.45, 7) is 5.29. The van der Waals surface area contributed by atoms with E-state index in [1.165, 1.54) is 30.4 Å². The molecule has 20 heavy (non-hydrogen) atoms. The van der Waals surface area contributed by atoms with Gasteiger partial charge in [0.1, 0.15) is 0 Å². The van der Waals surface area contributed by atoms with Gasteiger partial charge in [-0.2, -0.15) is 0 Å². The second-order valence-electron chi connectivity index (χ2n) is 5.12. The van der Waals surface area contributed by atoms with Crippen molar-refractivity contribution in [2.24, 2.45) is 4.99 Å². The van der Waals surface area contributed by atoms with Crippen molar-refractivity contribution in [3.63, 3.8) is 0 Å². The fourth-order valence-corrected chi connectivity index (χ4v) is 2.58. The molecule has 0 saturated carbocycles. The number of halogens is 1. The topological polar surface area (TPSA) is 27.6 Å². The van der Waals surface area contributed by atoms with E-state index in [0.29, 0.717) is 0 Å². The van der Waals surface area contributed by atoms with E-state index in [0.717, 1.165) is 32.0 Å². The Balaban J connectivity index is 0.00000200. The van der Waals surface area contributed by atoms with Crippen LogP contribution in [0.4, 0.5) is 0 Å². The third kappa shape index (κ3) is 4.65. The molecule has 1 N–H and O–H groups in total. The van der Waals surface area contributed by atoms with E-state index in [2.05, 4.69) is 46.4 Å². The second-order valence-corrected chi connectivity index (χ2v) is 5.12. The van der Waals surface area contributed by atoms with Crippen molar-refractivity contribution >= 4 is 29.9 Å². The highest BCUT2D eigenvalue weighted by atomic mass is 127. The van der Waals surface area contributed by atoms with Gasteiger partial charge >= 0.3 is 0 Å². The first kappa shape index (κ1) is 17.3. The quantitative estimate of drug-likeness (QED) is 0.371. The van der Waals surface area contributed by atoms with Crippen LogP contribution in [-0.2, 0) is 13.0 Å². The molecule has 3 nitrogen and oxygen atoms in total. The third-order valence-corrected chi connectivity index (χ3v) is 3.71. The van der Waals surface area contributed by atoms with Crippen molar-refractivity contribution in [2.45, 2.75) is 39.2 Å². The summed E-state index contributed by atoms with van der Waals surface area (Å²) in [6, 6.07) is 8.72. The van der Waals surface area contributed by atoms with Gasteiger partial charge < -0.3 is 10.2 Å². The molecule has 4 heteroatoms. The number of guanidine groups is 1. The van der Waals surface area contributed by atoms with E-state index in [1.54, 1.807) is 0 Å². The van der Waals surface area contributed by atoms with Crippen LogP contribution in [0.3, 0.4) is 0 Å². The van der Waals surface area contributed by atoms with Gasteiger partial charge in [0.15, 0.2) is 5.96 Å². The summed E-state index contributed by atoms with van der Waals surface area (Å²) >= 11 is 0. The van der Waals surface area contributed by atoms with Crippen LogP contribution >= 0.6 is 24.0 Å². The van der Waals surface area contributed by atoms with Gasteiger partial charge in [0.05, 0.1) is 0 Å². The molecule has 1 heterocycles. The summed E-state index contributed by atoms with van der Waals surface area (Å²) < 4.78 is 0. The van der Waals surface area contributed by atoms with E-state index in [4.69, 9.17) is 0 Å². The first-order chi connectivity index (χ1) is 9.35. The Hall–Kier alpha value is -0.780. The molecule has 0 aromatic heterocycles. The number of rotatable bonds is 4. The molecule has 2 rings (SSSR count). The lowest BCUT2D eigenvalue weighted by molar-refractivity contribution is 0.378. The molecule has 0 radical (unpaired) electrons. The number of aliphatic imine (C=N–C) groups is 1. The van der Waals surface area contributed by atoms with Crippen LogP contribution in [0, 0.1) is 0 Å². The van der Waals surface area contributed by atoms with Crippen LogP contribution in [0.1, 0.15) is 37.3 Å². The summed E-state index contributed by atoms with van der Waals surface area (Å²) in [7, 11) is 1.88. The highest BCUT2D eigenvalue weighted by Gasteiger charge is 2.18. The average Bonchev–Trinajstić information content (AvgIpc) is 2.47. The smallest absolute Gasteiger partial charge is 0.193 e. The summed E-state index contributed by atoms with van der Waals surface area (Å²) in [5.41, 5.74) is 2.92. The zero-order valence-electron chi connectivity index (χ0n) is 12.6. The highest BCUT2D eigenvalue weighted by molar-refractivity contribution is 14.0. The van der Waals surface area contributed by atoms with E-state index < -0.39 is 0 Å². The van der Waals surface area contributed by atoms with E-state index in [-0.39, 0.29) is 24.0 Å². The molecule has 0 saturated heterocycles. The van der Waals surface area contributed by atoms with Gasteiger partial charge in [-0.1, -0.05) is 44.0 Å². The van der Waals surface area contributed by atoms with Crippen molar-refractivity contribution in [2.75, 3.05) is 20.1 Å². The zero-order chi connectivity index (χ0) is 13.5. The second kappa shape index (κ2) is 9.21. The molecule has 1 aromatic carbocycles. The number of benzene rings is 1. The maximum Gasteiger partial charge on any atom is 0.193 e. The number of hydrogen-bond acceptors (Lipinski definition) is 1. The lowest BCUT2D eigenvalue weighted by Gasteiger charge is -2.31. The molecular weight excluding hydrogens is 361 g/mol. The van der Waals surface area contributed by atoms with E-state index in [9.17, 15) is 0 Å². The number of hydrogen-bond donors (Lipinski definition) is 1. The van der Waals surface area contributed by atoms with Crippen LogP contribution in [-0.4, -0.2) is 31.0 Å². The maximum atomic E-state index is 4.41. The average molecular weight is 387 g/mol. The molecule has 0 aliphatic carbocycles. The van der Waals surface area contributed by atoms with Gasteiger partial charge in [-0.05, 0) is 24.0 Å². The Morgan fingerprint density at radius 3 is 2.70 bits per heavy atom.